The molecule has 6 nitrogen and oxygen atoms in total. The molecule has 1 aliphatic rings. The van der Waals surface area contributed by atoms with Gasteiger partial charge in [0.25, 0.3) is 5.91 Å². The first-order valence-electron chi connectivity index (χ1n) is 9.69. The van der Waals surface area contributed by atoms with Crippen molar-refractivity contribution in [3.05, 3.63) is 89.2 Å². The van der Waals surface area contributed by atoms with Gasteiger partial charge in [-0.1, -0.05) is 36.4 Å². The summed E-state index contributed by atoms with van der Waals surface area (Å²) in [5.74, 6) is -0.664. The lowest BCUT2D eigenvalue weighted by Gasteiger charge is -2.31. The summed E-state index contributed by atoms with van der Waals surface area (Å²) < 4.78 is 25.0. The van der Waals surface area contributed by atoms with Gasteiger partial charge in [-0.3, -0.25) is 9.59 Å². The average Bonchev–Trinajstić information content (AvgIpc) is 2.94. The summed E-state index contributed by atoms with van der Waals surface area (Å²) in [6.45, 7) is -0.226. The van der Waals surface area contributed by atoms with E-state index in [1.165, 1.54) is 37.3 Å². The van der Waals surface area contributed by atoms with Crippen molar-refractivity contribution in [3.63, 3.8) is 0 Å². The van der Waals surface area contributed by atoms with Gasteiger partial charge in [-0.15, -0.1) is 0 Å². The molecule has 0 fully saturated rings. The topological polar surface area (TPSA) is 67.9 Å². The van der Waals surface area contributed by atoms with Gasteiger partial charge in [0.1, 0.15) is 29.4 Å². The molecule has 1 atom stereocenters. The molecule has 1 heterocycles. The van der Waals surface area contributed by atoms with Crippen LogP contribution in [0.25, 0.3) is 0 Å². The quantitative estimate of drug-likeness (QED) is 0.692. The van der Waals surface area contributed by atoms with Crippen LogP contribution >= 0.6 is 0 Å². The second-order valence-electron chi connectivity index (χ2n) is 7.06. The van der Waals surface area contributed by atoms with Crippen molar-refractivity contribution in [1.29, 1.82) is 0 Å². The fraction of sp³-hybridized carbons (Fsp3) is 0.167. The lowest BCUT2D eigenvalue weighted by molar-refractivity contribution is -0.117. The first-order chi connectivity index (χ1) is 15.0. The lowest BCUT2D eigenvalue weighted by Crippen LogP contribution is -2.39. The summed E-state index contributed by atoms with van der Waals surface area (Å²) in [6.07, 6.45) is 0. The Morgan fingerprint density at radius 1 is 1.00 bits per heavy atom. The third-order valence-corrected chi connectivity index (χ3v) is 5.23. The number of benzene rings is 3. The van der Waals surface area contributed by atoms with E-state index in [0.717, 1.165) is 5.56 Å². The first kappa shape index (κ1) is 20.4. The number of hydrogen-bond donors (Lipinski definition) is 1. The molecule has 1 aliphatic heterocycles. The molecule has 1 N–H and O–H groups in total. The van der Waals surface area contributed by atoms with E-state index in [2.05, 4.69) is 5.32 Å². The summed E-state index contributed by atoms with van der Waals surface area (Å²) in [4.78, 5) is 27.9. The maximum Gasteiger partial charge on any atom is 0.262 e. The minimum atomic E-state index is -0.701. The number of nitrogens with one attached hydrogen (secondary N) is 1. The number of hydrogen-bond acceptors (Lipinski definition) is 4. The predicted molar refractivity (Wildman–Crippen MR) is 114 cm³/mol. The molecule has 0 bridgehead atoms. The van der Waals surface area contributed by atoms with E-state index in [9.17, 15) is 14.0 Å². The van der Waals surface area contributed by atoms with Crippen LogP contribution in [0.4, 0.5) is 10.1 Å². The first-order valence-corrected chi connectivity index (χ1v) is 9.69. The van der Waals surface area contributed by atoms with E-state index in [4.69, 9.17) is 9.47 Å². The third kappa shape index (κ3) is 3.82. The number of methoxy groups -OCH3 is 2. The van der Waals surface area contributed by atoms with Crippen molar-refractivity contribution in [3.8, 4) is 11.5 Å². The molecule has 0 radical (unpaired) electrons. The fourth-order valence-corrected chi connectivity index (χ4v) is 3.87. The van der Waals surface area contributed by atoms with Crippen LogP contribution in [0.15, 0.2) is 66.7 Å². The van der Waals surface area contributed by atoms with E-state index in [1.54, 1.807) is 18.2 Å². The van der Waals surface area contributed by atoms with E-state index < -0.39 is 17.8 Å². The van der Waals surface area contributed by atoms with E-state index >= 15 is 0 Å². The maximum atomic E-state index is 14.2. The van der Waals surface area contributed by atoms with E-state index in [1.807, 2.05) is 30.3 Å². The highest BCUT2D eigenvalue weighted by Gasteiger charge is 2.36. The van der Waals surface area contributed by atoms with Gasteiger partial charge < -0.3 is 19.7 Å². The largest absolute Gasteiger partial charge is 0.496 e. The van der Waals surface area contributed by atoms with Crippen molar-refractivity contribution >= 4 is 17.5 Å². The smallest absolute Gasteiger partial charge is 0.262 e. The minimum Gasteiger partial charge on any atom is -0.496 e. The van der Waals surface area contributed by atoms with Crippen LogP contribution in [0, 0.1) is 5.82 Å². The Balaban J connectivity index is 1.93. The molecule has 0 aromatic heterocycles. The summed E-state index contributed by atoms with van der Waals surface area (Å²) >= 11 is 0. The Bertz CT molecular complexity index is 1110. The molecule has 2 amide bonds. The molecule has 4 rings (SSSR count). The van der Waals surface area contributed by atoms with Gasteiger partial charge in [-0.05, 0) is 35.9 Å². The van der Waals surface area contributed by atoms with E-state index in [0.29, 0.717) is 22.7 Å². The average molecular weight is 420 g/mol. The fourth-order valence-electron chi connectivity index (χ4n) is 3.87. The zero-order chi connectivity index (χ0) is 22.0. The van der Waals surface area contributed by atoms with Crippen molar-refractivity contribution in [2.24, 2.45) is 0 Å². The zero-order valence-electron chi connectivity index (χ0n) is 17.1. The minimum absolute atomic E-state index is 0.195. The Kier molecular flexibility index (Phi) is 5.58. The van der Waals surface area contributed by atoms with Crippen LogP contribution in [-0.4, -0.2) is 37.5 Å². The molecule has 1 unspecified atom stereocenters. The SMILES string of the molecule is COc1cccc(OC)c1C(=O)N1CC(=O)Nc2ccc(F)cc2C1c1ccccc1. The Labute approximate surface area is 179 Å². The van der Waals surface area contributed by atoms with Crippen LogP contribution < -0.4 is 14.8 Å². The summed E-state index contributed by atoms with van der Waals surface area (Å²) in [5.41, 5.74) is 1.89. The van der Waals surface area contributed by atoms with Gasteiger partial charge >= 0.3 is 0 Å². The summed E-state index contributed by atoms with van der Waals surface area (Å²) in [7, 11) is 2.92. The highest BCUT2D eigenvalue weighted by molar-refractivity contribution is 6.04. The summed E-state index contributed by atoms with van der Waals surface area (Å²) in [5, 5.41) is 2.78. The lowest BCUT2D eigenvalue weighted by atomic mass is 9.95. The zero-order valence-corrected chi connectivity index (χ0v) is 17.1. The van der Waals surface area contributed by atoms with Crippen molar-refractivity contribution in [2.75, 3.05) is 26.1 Å². The van der Waals surface area contributed by atoms with Crippen molar-refractivity contribution in [2.45, 2.75) is 6.04 Å². The Morgan fingerprint density at radius 3 is 2.32 bits per heavy atom. The number of anilines is 1. The van der Waals surface area contributed by atoms with Crippen molar-refractivity contribution < 1.29 is 23.5 Å². The number of nitrogens with zero attached hydrogens (tertiary/aromatic N) is 1. The van der Waals surface area contributed by atoms with Gasteiger partial charge in [-0.25, -0.2) is 4.39 Å². The number of halogens is 1. The third-order valence-electron chi connectivity index (χ3n) is 5.23. The molecule has 0 saturated carbocycles. The van der Waals surface area contributed by atoms with Crippen LogP contribution in [-0.2, 0) is 4.79 Å². The van der Waals surface area contributed by atoms with Crippen LogP contribution in [0.1, 0.15) is 27.5 Å². The second-order valence-corrected chi connectivity index (χ2v) is 7.06. The van der Waals surface area contributed by atoms with Gasteiger partial charge in [-0.2, -0.15) is 0 Å². The molecule has 0 spiro atoms. The maximum absolute atomic E-state index is 14.2. The standard InChI is InChI=1S/C24H21FN2O4/c1-30-19-9-6-10-20(31-2)22(19)24(29)27-14-21(28)26-18-12-11-16(25)13-17(18)23(27)15-7-4-3-5-8-15/h3-13,23H,14H2,1-2H3,(H,26,28). The van der Waals surface area contributed by atoms with Crippen LogP contribution in [0.3, 0.4) is 0 Å². The normalized spacial score (nSPS) is 15.5. The molecule has 31 heavy (non-hydrogen) atoms. The van der Waals surface area contributed by atoms with Gasteiger partial charge in [0.05, 0.1) is 20.3 Å². The number of fused-ring (bicyclic) bond motifs is 1. The highest BCUT2D eigenvalue weighted by atomic mass is 19.1. The molecular formula is C24H21FN2O4. The summed E-state index contributed by atoms with van der Waals surface area (Å²) in [6, 6.07) is 17.7. The van der Waals surface area contributed by atoms with Gasteiger partial charge in [0.15, 0.2) is 0 Å². The van der Waals surface area contributed by atoms with Crippen molar-refractivity contribution in [1.82, 2.24) is 4.90 Å². The molecule has 0 saturated heterocycles. The monoisotopic (exact) mass is 420 g/mol. The van der Waals surface area contributed by atoms with Crippen LogP contribution in [0.5, 0.6) is 11.5 Å². The van der Waals surface area contributed by atoms with E-state index in [-0.39, 0.29) is 18.0 Å². The number of amides is 2. The Hall–Kier alpha value is -3.87. The Morgan fingerprint density at radius 2 is 1.68 bits per heavy atom. The number of carbonyl (C=O) groups is 2. The number of ether oxygens (including phenoxy) is 2. The molecule has 0 aliphatic carbocycles. The van der Waals surface area contributed by atoms with Crippen LogP contribution in [0.2, 0.25) is 0 Å². The molecule has 7 heteroatoms. The molecular weight excluding hydrogens is 399 g/mol. The van der Waals surface area contributed by atoms with Gasteiger partial charge in [0, 0.05) is 11.3 Å². The number of carbonyl (C=O) groups excluding carboxylic acids is 2. The predicted octanol–water partition coefficient (Wildman–Crippen LogP) is 4.03. The number of rotatable bonds is 4. The molecule has 158 valence electrons. The van der Waals surface area contributed by atoms with Gasteiger partial charge in [0.2, 0.25) is 5.91 Å². The second kappa shape index (κ2) is 8.47. The molecule has 3 aromatic carbocycles. The molecule has 3 aromatic rings. The highest BCUT2D eigenvalue weighted by Crippen LogP contribution is 2.39.